The van der Waals surface area contributed by atoms with E-state index in [1.54, 1.807) is 12.1 Å². The van der Waals surface area contributed by atoms with Gasteiger partial charge in [-0.25, -0.2) is 4.99 Å². The highest BCUT2D eigenvalue weighted by molar-refractivity contribution is 14.0. The first-order valence-corrected chi connectivity index (χ1v) is 9.80. The summed E-state index contributed by atoms with van der Waals surface area (Å²) in [6, 6.07) is 8.92. The summed E-state index contributed by atoms with van der Waals surface area (Å²) in [7, 11) is 0. The smallest absolute Gasteiger partial charge is 0.191 e. The topological polar surface area (TPSA) is 75.8 Å². The van der Waals surface area contributed by atoms with Gasteiger partial charge in [0.15, 0.2) is 23.2 Å². The first kappa shape index (κ1) is 23.8. The fourth-order valence-electron chi connectivity index (χ4n) is 2.48. The second kappa shape index (κ2) is 11.6. The minimum Gasteiger partial charge on any atom is -0.489 e. The highest BCUT2D eigenvalue weighted by Gasteiger charge is 2.09. The van der Waals surface area contributed by atoms with Gasteiger partial charge < -0.3 is 15.4 Å². The number of nitrogens with one attached hydrogen (secondary N) is 2. The van der Waals surface area contributed by atoms with Crippen LogP contribution in [0.25, 0.3) is 5.65 Å². The molecule has 2 N–H and O–H groups in total. The summed E-state index contributed by atoms with van der Waals surface area (Å²) < 4.78 is 7.57. The fourth-order valence-corrected chi connectivity index (χ4v) is 3.41. The molecule has 29 heavy (non-hydrogen) atoms. The minimum absolute atomic E-state index is 0. The Morgan fingerprint density at radius 2 is 1.90 bits per heavy atom. The summed E-state index contributed by atoms with van der Waals surface area (Å²) in [5, 5.41) is 15.9. The number of aliphatic imine (C=N–C) groups is 1. The third kappa shape index (κ3) is 6.50. The number of fused-ring (bicyclic) bond motifs is 1. The zero-order valence-electron chi connectivity index (χ0n) is 15.5. The third-order valence-corrected chi connectivity index (χ3v) is 4.49. The zero-order chi connectivity index (χ0) is 19.9. The zero-order valence-corrected chi connectivity index (χ0v) is 20.1. The summed E-state index contributed by atoms with van der Waals surface area (Å²) in [5.74, 6) is 1.81. The maximum Gasteiger partial charge on any atom is 0.191 e. The van der Waals surface area contributed by atoms with E-state index < -0.39 is 0 Å². The number of benzene rings is 1. The van der Waals surface area contributed by atoms with E-state index >= 15 is 0 Å². The molecule has 0 saturated carbocycles. The van der Waals surface area contributed by atoms with Gasteiger partial charge in [-0.05, 0) is 31.2 Å². The number of hydrogen-bond acceptors (Lipinski definition) is 4. The third-order valence-electron chi connectivity index (χ3n) is 3.71. The molecule has 0 aliphatic rings. The molecule has 0 amide bonds. The molecule has 156 valence electrons. The van der Waals surface area contributed by atoms with Crippen LogP contribution in [0.4, 0.5) is 0 Å². The Labute approximate surface area is 200 Å². The van der Waals surface area contributed by atoms with Crippen molar-refractivity contribution < 1.29 is 4.74 Å². The Hall–Kier alpha value is -1.49. The van der Waals surface area contributed by atoms with Crippen LogP contribution in [0.5, 0.6) is 5.75 Å². The van der Waals surface area contributed by atoms with Gasteiger partial charge in [-0.15, -0.1) is 34.2 Å². The quantitative estimate of drug-likeness (QED) is 0.191. The van der Waals surface area contributed by atoms with Crippen LogP contribution < -0.4 is 15.4 Å². The molecule has 11 heteroatoms. The molecular weight excluding hydrogens is 550 g/mol. The van der Waals surface area contributed by atoms with E-state index in [0.29, 0.717) is 46.5 Å². The molecule has 0 atom stereocenters. The minimum atomic E-state index is 0. The van der Waals surface area contributed by atoms with Crippen molar-refractivity contribution in [2.75, 3.05) is 19.7 Å². The molecule has 0 saturated heterocycles. The molecule has 3 aromatic rings. The van der Waals surface area contributed by atoms with Gasteiger partial charge in [0.05, 0.1) is 16.6 Å². The highest BCUT2D eigenvalue weighted by Crippen LogP contribution is 2.35. The van der Waals surface area contributed by atoms with Crippen molar-refractivity contribution in [2.45, 2.75) is 13.5 Å². The van der Waals surface area contributed by atoms with Crippen LogP contribution in [0.1, 0.15) is 12.7 Å². The lowest BCUT2D eigenvalue weighted by atomic mass is 10.3. The van der Waals surface area contributed by atoms with Crippen molar-refractivity contribution >= 4 is 70.4 Å². The normalized spacial score (nSPS) is 11.2. The summed E-state index contributed by atoms with van der Waals surface area (Å²) >= 11 is 18.1. The van der Waals surface area contributed by atoms with Crippen LogP contribution in [0, 0.1) is 0 Å². The number of hydrogen-bond donors (Lipinski definition) is 2. The Morgan fingerprint density at radius 3 is 2.62 bits per heavy atom. The SMILES string of the molecule is CCNC(=NCc1nnc2ccccn12)NCCOc1c(Cl)cc(Cl)cc1Cl.I. The van der Waals surface area contributed by atoms with Gasteiger partial charge in [0, 0.05) is 17.8 Å². The van der Waals surface area contributed by atoms with Gasteiger partial charge in [0.2, 0.25) is 0 Å². The second-order valence-electron chi connectivity index (χ2n) is 5.71. The number of pyridine rings is 1. The van der Waals surface area contributed by atoms with Gasteiger partial charge in [-0.3, -0.25) is 4.40 Å². The van der Waals surface area contributed by atoms with Crippen LogP contribution in [0.2, 0.25) is 15.1 Å². The standard InChI is InChI=1S/C18H19Cl3N6O.HI/c1-2-22-18(24-11-16-26-25-15-5-3-4-7-27(15)16)23-6-8-28-17-13(20)9-12(19)10-14(17)21;/h3-5,7,9-10H,2,6,8,11H2,1H3,(H2,22,23,24);1H. The Bertz CT molecular complexity index is 958. The van der Waals surface area contributed by atoms with Gasteiger partial charge in [-0.1, -0.05) is 40.9 Å². The molecule has 0 fully saturated rings. The van der Waals surface area contributed by atoms with Crippen molar-refractivity contribution in [1.29, 1.82) is 0 Å². The van der Waals surface area contributed by atoms with Crippen LogP contribution >= 0.6 is 58.8 Å². The van der Waals surface area contributed by atoms with E-state index in [0.717, 1.165) is 18.0 Å². The summed E-state index contributed by atoms with van der Waals surface area (Å²) in [6.45, 7) is 3.95. The summed E-state index contributed by atoms with van der Waals surface area (Å²) in [4.78, 5) is 4.54. The van der Waals surface area contributed by atoms with Crippen molar-refractivity contribution in [3.8, 4) is 5.75 Å². The molecule has 1 aromatic carbocycles. The maximum absolute atomic E-state index is 6.11. The molecule has 7 nitrogen and oxygen atoms in total. The van der Waals surface area contributed by atoms with Gasteiger partial charge in [-0.2, -0.15) is 0 Å². The number of halogens is 4. The number of aromatic nitrogens is 3. The number of guanidine groups is 1. The fraction of sp³-hybridized carbons (Fsp3) is 0.278. The van der Waals surface area contributed by atoms with E-state index in [4.69, 9.17) is 39.5 Å². The molecular formula is C18H20Cl3IN6O. The average Bonchev–Trinajstić information content (AvgIpc) is 3.08. The molecule has 3 rings (SSSR count). The summed E-state index contributed by atoms with van der Waals surface area (Å²) in [5.41, 5.74) is 0.788. The highest BCUT2D eigenvalue weighted by atomic mass is 127. The average molecular weight is 570 g/mol. The lowest BCUT2D eigenvalue weighted by Gasteiger charge is -2.13. The van der Waals surface area contributed by atoms with Crippen molar-refractivity contribution in [2.24, 2.45) is 4.99 Å². The molecule has 2 aromatic heterocycles. The largest absolute Gasteiger partial charge is 0.489 e. The van der Waals surface area contributed by atoms with E-state index in [1.165, 1.54) is 0 Å². The number of ether oxygens (including phenoxy) is 1. The monoisotopic (exact) mass is 568 g/mol. The molecule has 0 spiro atoms. The predicted molar refractivity (Wildman–Crippen MR) is 128 cm³/mol. The Morgan fingerprint density at radius 1 is 1.14 bits per heavy atom. The first-order valence-electron chi connectivity index (χ1n) is 8.66. The van der Waals surface area contributed by atoms with E-state index in [2.05, 4.69) is 25.8 Å². The Balaban J connectivity index is 0.00000300. The van der Waals surface area contributed by atoms with E-state index in [-0.39, 0.29) is 24.0 Å². The van der Waals surface area contributed by atoms with E-state index in [1.807, 2.05) is 35.7 Å². The summed E-state index contributed by atoms with van der Waals surface area (Å²) in [6.07, 6.45) is 1.91. The second-order valence-corrected chi connectivity index (χ2v) is 6.96. The van der Waals surface area contributed by atoms with Crippen LogP contribution in [0.3, 0.4) is 0 Å². The number of nitrogens with zero attached hydrogens (tertiary/aromatic N) is 4. The predicted octanol–water partition coefficient (Wildman–Crippen LogP) is 4.44. The van der Waals surface area contributed by atoms with Crippen LogP contribution in [-0.4, -0.2) is 40.3 Å². The molecule has 0 radical (unpaired) electrons. The van der Waals surface area contributed by atoms with Crippen molar-refractivity contribution in [1.82, 2.24) is 25.2 Å². The maximum atomic E-state index is 6.11. The van der Waals surface area contributed by atoms with Crippen LogP contribution in [-0.2, 0) is 6.54 Å². The molecule has 2 heterocycles. The van der Waals surface area contributed by atoms with Gasteiger partial charge >= 0.3 is 0 Å². The molecule has 0 aliphatic carbocycles. The first-order chi connectivity index (χ1) is 13.6. The van der Waals surface area contributed by atoms with E-state index in [9.17, 15) is 0 Å². The molecule has 0 bridgehead atoms. The van der Waals surface area contributed by atoms with Crippen LogP contribution in [0.15, 0.2) is 41.5 Å². The lowest BCUT2D eigenvalue weighted by molar-refractivity contribution is 0.322. The van der Waals surface area contributed by atoms with Crippen molar-refractivity contribution in [3.63, 3.8) is 0 Å². The van der Waals surface area contributed by atoms with Gasteiger partial charge in [0.25, 0.3) is 0 Å². The van der Waals surface area contributed by atoms with Gasteiger partial charge in [0.1, 0.15) is 13.2 Å². The number of rotatable bonds is 7. The van der Waals surface area contributed by atoms with Crippen molar-refractivity contribution in [3.05, 3.63) is 57.4 Å². The lowest BCUT2D eigenvalue weighted by Crippen LogP contribution is -2.39. The molecule has 0 aliphatic heterocycles. The Kier molecular flexibility index (Phi) is 9.54. The molecule has 0 unspecified atom stereocenters.